The van der Waals surface area contributed by atoms with Gasteiger partial charge in [0.15, 0.2) is 0 Å². The van der Waals surface area contributed by atoms with Crippen molar-refractivity contribution in [2.75, 3.05) is 5.32 Å². The Kier molecular flexibility index (Phi) is 4.51. The maximum absolute atomic E-state index is 11.3. The number of hydrogen-bond acceptors (Lipinski definition) is 2. The molecule has 0 radical (unpaired) electrons. The van der Waals surface area contributed by atoms with Gasteiger partial charge in [-0.1, -0.05) is 48.6 Å². The van der Waals surface area contributed by atoms with Gasteiger partial charge in [-0.2, -0.15) is 0 Å². The van der Waals surface area contributed by atoms with E-state index in [9.17, 15) is 14.7 Å². The molecule has 21 heavy (non-hydrogen) atoms. The molecule has 2 rings (SSSR count). The Morgan fingerprint density at radius 1 is 1.00 bits per heavy atom. The molecule has 2 aromatic carbocycles. The molecule has 0 saturated carbocycles. The van der Waals surface area contributed by atoms with Crippen molar-refractivity contribution in [3.8, 4) is 0 Å². The van der Waals surface area contributed by atoms with Gasteiger partial charge in [-0.3, -0.25) is 4.79 Å². The Hall–Kier alpha value is -2.88. The molecule has 1 amide bonds. The summed E-state index contributed by atoms with van der Waals surface area (Å²) in [6, 6.07) is 14.6. The molecule has 106 valence electrons. The minimum Gasteiger partial charge on any atom is -0.478 e. The number of aromatic carboxylic acids is 1. The van der Waals surface area contributed by atoms with Gasteiger partial charge in [0.05, 0.1) is 11.3 Å². The van der Waals surface area contributed by atoms with Gasteiger partial charge in [-0.05, 0) is 23.3 Å². The lowest BCUT2D eigenvalue weighted by molar-refractivity contribution is -0.114. The van der Waals surface area contributed by atoms with Crippen LogP contribution in [0.1, 0.15) is 28.4 Å². The molecule has 4 heteroatoms. The van der Waals surface area contributed by atoms with Gasteiger partial charge in [0.2, 0.25) is 5.91 Å². The quantitative estimate of drug-likeness (QED) is 0.843. The molecule has 0 fully saturated rings. The average molecular weight is 281 g/mol. The molecule has 0 aliphatic rings. The van der Waals surface area contributed by atoms with E-state index < -0.39 is 5.97 Å². The maximum atomic E-state index is 11.3. The molecule has 0 spiro atoms. The second kappa shape index (κ2) is 6.52. The van der Waals surface area contributed by atoms with E-state index in [0.717, 1.165) is 11.1 Å². The lowest BCUT2D eigenvalue weighted by Gasteiger charge is -2.07. The van der Waals surface area contributed by atoms with Crippen molar-refractivity contribution < 1.29 is 14.7 Å². The number of rotatable bonds is 4. The molecular formula is C17H15NO3. The normalized spacial score (nSPS) is 10.5. The zero-order chi connectivity index (χ0) is 15.2. The van der Waals surface area contributed by atoms with Gasteiger partial charge in [0, 0.05) is 6.92 Å². The lowest BCUT2D eigenvalue weighted by atomic mass is 10.1. The number of hydrogen-bond donors (Lipinski definition) is 2. The summed E-state index contributed by atoms with van der Waals surface area (Å²) in [7, 11) is 0. The highest BCUT2D eigenvalue weighted by Crippen LogP contribution is 2.19. The Morgan fingerprint density at radius 3 is 2.29 bits per heavy atom. The standard InChI is InChI=1S/C17H15NO3/c1-12(19)18-16-10-9-14(11-15(16)17(20)21)8-7-13-5-3-2-4-6-13/h2-11H,1H3,(H,18,19)(H,20,21)/b8-7+. The molecule has 0 heterocycles. The molecular weight excluding hydrogens is 266 g/mol. The Balaban J connectivity index is 2.30. The fraction of sp³-hybridized carbons (Fsp3) is 0.0588. The Bertz CT molecular complexity index is 690. The SMILES string of the molecule is CC(=O)Nc1ccc(/C=C/c2ccccc2)cc1C(=O)O. The third-order valence-electron chi connectivity index (χ3n) is 2.85. The van der Waals surface area contributed by atoms with Crippen LogP contribution in [0.2, 0.25) is 0 Å². The Labute approximate surface area is 122 Å². The molecule has 0 atom stereocenters. The van der Waals surface area contributed by atoms with Crippen molar-refractivity contribution in [2.24, 2.45) is 0 Å². The van der Waals surface area contributed by atoms with Crippen LogP contribution in [0.3, 0.4) is 0 Å². The van der Waals surface area contributed by atoms with Gasteiger partial charge in [0.1, 0.15) is 0 Å². The predicted molar refractivity (Wildman–Crippen MR) is 83.1 cm³/mol. The van der Waals surface area contributed by atoms with Gasteiger partial charge in [0.25, 0.3) is 0 Å². The van der Waals surface area contributed by atoms with Crippen molar-refractivity contribution in [1.29, 1.82) is 0 Å². The highest BCUT2D eigenvalue weighted by Gasteiger charge is 2.11. The third kappa shape index (κ3) is 4.04. The summed E-state index contributed by atoms with van der Waals surface area (Å²) < 4.78 is 0. The molecule has 0 aliphatic heterocycles. The lowest BCUT2D eigenvalue weighted by Crippen LogP contribution is -2.10. The summed E-state index contributed by atoms with van der Waals surface area (Å²) in [5.74, 6) is -1.38. The van der Waals surface area contributed by atoms with Gasteiger partial charge in [-0.15, -0.1) is 0 Å². The van der Waals surface area contributed by atoms with Crippen LogP contribution in [0.4, 0.5) is 5.69 Å². The van der Waals surface area contributed by atoms with Crippen molar-refractivity contribution in [3.63, 3.8) is 0 Å². The van der Waals surface area contributed by atoms with E-state index >= 15 is 0 Å². The fourth-order valence-corrected chi connectivity index (χ4v) is 1.90. The zero-order valence-electron chi connectivity index (χ0n) is 11.5. The molecule has 0 unspecified atom stereocenters. The zero-order valence-corrected chi connectivity index (χ0v) is 11.5. The topological polar surface area (TPSA) is 66.4 Å². The molecule has 2 N–H and O–H groups in total. The van der Waals surface area contributed by atoms with E-state index in [1.807, 2.05) is 42.5 Å². The first-order chi connectivity index (χ1) is 10.1. The summed E-state index contributed by atoms with van der Waals surface area (Å²) in [5.41, 5.74) is 2.15. The number of nitrogens with one attached hydrogen (secondary N) is 1. The van der Waals surface area contributed by atoms with Crippen molar-refractivity contribution >= 4 is 29.7 Å². The van der Waals surface area contributed by atoms with Crippen molar-refractivity contribution in [1.82, 2.24) is 0 Å². The number of anilines is 1. The van der Waals surface area contributed by atoms with E-state index in [-0.39, 0.29) is 11.5 Å². The average Bonchev–Trinajstić information content (AvgIpc) is 2.46. The predicted octanol–water partition coefficient (Wildman–Crippen LogP) is 3.51. The Morgan fingerprint density at radius 2 is 1.67 bits per heavy atom. The minimum absolute atomic E-state index is 0.0698. The van der Waals surface area contributed by atoms with Crippen molar-refractivity contribution in [2.45, 2.75) is 6.92 Å². The van der Waals surface area contributed by atoms with E-state index in [4.69, 9.17) is 0 Å². The van der Waals surface area contributed by atoms with E-state index in [1.165, 1.54) is 13.0 Å². The third-order valence-corrected chi connectivity index (χ3v) is 2.85. The maximum Gasteiger partial charge on any atom is 0.337 e. The first-order valence-corrected chi connectivity index (χ1v) is 6.44. The summed E-state index contributed by atoms with van der Waals surface area (Å²) in [6.45, 7) is 1.34. The van der Waals surface area contributed by atoms with Crippen LogP contribution in [-0.4, -0.2) is 17.0 Å². The van der Waals surface area contributed by atoms with Crippen LogP contribution in [-0.2, 0) is 4.79 Å². The molecule has 4 nitrogen and oxygen atoms in total. The number of benzene rings is 2. The largest absolute Gasteiger partial charge is 0.478 e. The van der Waals surface area contributed by atoms with E-state index in [1.54, 1.807) is 12.1 Å². The fourth-order valence-electron chi connectivity index (χ4n) is 1.90. The molecule has 0 aromatic heterocycles. The number of carboxylic acids is 1. The second-order valence-electron chi connectivity index (χ2n) is 4.54. The van der Waals surface area contributed by atoms with E-state index in [0.29, 0.717) is 5.69 Å². The van der Waals surface area contributed by atoms with Gasteiger partial charge in [-0.25, -0.2) is 4.79 Å². The summed E-state index contributed by atoms with van der Waals surface area (Å²) in [4.78, 5) is 22.3. The van der Waals surface area contributed by atoms with Crippen LogP contribution in [0, 0.1) is 0 Å². The monoisotopic (exact) mass is 281 g/mol. The minimum atomic E-state index is -1.08. The molecule has 0 aliphatic carbocycles. The highest BCUT2D eigenvalue weighted by molar-refractivity contribution is 6.00. The summed E-state index contributed by atoms with van der Waals surface area (Å²) >= 11 is 0. The first-order valence-electron chi connectivity index (χ1n) is 6.44. The smallest absolute Gasteiger partial charge is 0.337 e. The number of amides is 1. The van der Waals surface area contributed by atoms with Crippen molar-refractivity contribution in [3.05, 3.63) is 65.2 Å². The van der Waals surface area contributed by atoms with Crippen LogP contribution in [0.25, 0.3) is 12.2 Å². The van der Waals surface area contributed by atoms with Gasteiger partial charge < -0.3 is 10.4 Å². The van der Waals surface area contributed by atoms with Gasteiger partial charge >= 0.3 is 5.97 Å². The second-order valence-corrected chi connectivity index (χ2v) is 4.54. The molecule has 0 bridgehead atoms. The molecule has 2 aromatic rings. The van der Waals surface area contributed by atoms with Crippen LogP contribution >= 0.6 is 0 Å². The summed E-state index contributed by atoms with van der Waals surface area (Å²) in [6.07, 6.45) is 3.73. The summed E-state index contributed by atoms with van der Waals surface area (Å²) in [5, 5.41) is 11.7. The van der Waals surface area contributed by atoms with E-state index in [2.05, 4.69) is 5.32 Å². The number of carboxylic acid groups (broad SMARTS) is 1. The van der Waals surface area contributed by atoms with Crippen LogP contribution < -0.4 is 5.32 Å². The number of carbonyl (C=O) groups excluding carboxylic acids is 1. The van der Waals surface area contributed by atoms with Crippen LogP contribution in [0.5, 0.6) is 0 Å². The number of carbonyl (C=O) groups is 2. The first kappa shape index (κ1) is 14.5. The van der Waals surface area contributed by atoms with Crippen LogP contribution in [0.15, 0.2) is 48.5 Å². The molecule has 0 saturated heterocycles. The highest BCUT2D eigenvalue weighted by atomic mass is 16.4.